The van der Waals surface area contributed by atoms with Gasteiger partial charge in [0.2, 0.25) is 0 Å². The Kier molecular flexibility index (Phi) is 4.85. The zero-order valence-electron chi connectivity index (χ0n) is 13.6. The van der Waals surface area contributed by atoms with Gasteiger partial charge in [0.25, 0.3) is 5.69 Å². The van der Waals surface area contributed by atoms with Gasteiger partial charge in [-0.25, -0.2) is 4.39 Å². The first kappa shape index (κ1) is 16.5. The van der Waals surface area contributed by atoms with Crippen molar-refractivity contribution in [3.63, 3.8) is 0 Å². The van der Waals surface area contributed by atoms with Gasteiger partial charge in [-0.2, -0.15) is 0 Å². The van der Waals surface area contributed by atoms with Crippen molar-refractivity contribution >= 4 is 5.69 Å². The molecule has 2 aromatic rings. The Morgan fingerprint density at radius 3 is 2.62 bits per heavy atom. The van der Waals surface area contributed by atoms with Gasteiger partial charge in [0.05, 0.1) is 4.92 Å². The zero-order chi connectivity index (χ0) is 17.1. The van der Waals surface area contributed by atoms with Crippen LogP contribution in [-0.4, -0.2) is 34.1 Å². The van der Waals surface area contributed by atoms with Gasteiger partial charge in [0.1, 0.15) is 6.17 Å². The Bertz CT molecular complexity index is 726. The molecule has 1 aliphatic rings. The Morgan fingerprint density at radius 2 is 2.00 bits per heavy atom. The van der Waals surface area contributed by atoms with Crippen LogP contribution in [0, 0.1) is 17.0 Å². The fourth-order valence-electron chi connectivity index (χ4n) is 2.99. The molecule has 0 saturated carbocycles. The number of aromatic nitrogens is 1. The maximum absolute atomic E-state index is 13.3. The molecule has 2 heterocycles. The molecule has 1 fully saturated rings. The summed E-state index contributed by atoms with van der Waals surface area (Å²) < 4.78 is 13.3. The summed E-state index contributed by atoms with van der Waals surface area (Å²) in [6, 6.07) is 8.94. The molecule has 0 atom stereocenters. The van der Waals surface area contributed by atoms with Crippen molar-refractivity contribution in [1.82, 2.24) is 9.88 Å². The maximum atomic E-state index is 13.3. The average molecular weight is 329 g/mol. The smallest absolute Gasteiger partial charge is 0.270 e. The number of benzene rings is 1. The van der Waals surface area contributed by atoms with Gasteiger partial charge in [0, 0.05) is 49.2 Å². The number of aryl methyl sites for hydroxylation is 1. The summed E-state index contributed by atoms with van der Waals surface area (Å²) in [4.78, 5) is 17.3. The molecule has 3 rings (SSSR count). The second kappa shape index (κ2) is 7.05. The molecular weight excluding hydrogens is 309 g/mol. The molecule has 1 aromatic carbocycles. The highest BCUT2D eigenvalue weighted by Gasteiger charge is 2.19. The number of hydrogen-bond donors (Lipinski definition) is 0. The lowest BCUT2D eigenvalue weighted by atomic mass is 10.0. The lowest BCUT2D eigenvalue weighted by Crippen LogP contribution is -2.33. The van der Waals surface area contributed by atoms with Crippen LogP contribution >= 0.6 is 0 Å². The Hall–Kier alpha value is -2.34. The van der Waals surface area contributed by atoms with Crippen LogP contribution in [0.15, 0.2) is 36.5 Å². The van der Waals surface area contributed by atoms with E-state index in [-0.39, 0.29) is 10.6 Å². The number of pyridine rings is 1. The summed E-state index contributed by atoms with van der Waals surface area (Å²) in [6.45, 7) is 3.87. The fraction of sp³-hybridized carbons (Fsp3) is 0.389. The number of nitro benzene ring substituents is 1. The van der Waals surface area contributed by atoms with E-state index in [9.17, 15) is 14.5 Å². The van der Waals surface area contributed by atoms with E-state index >= 15 is 0 Å². The third-order valence-corrected chi connectivity index (χ3v) is 4.36. The van der Waals surface area contributed by atoms with E-state index in [0.29, 0.717) is 32.5 Å². The van der Waals surface area contributed by atoms with Crippen LogP contribution in [0.5, 0.6) is 0 Å². The zero-order valence-corrected chi connectivity index (χ0v) is 13.6. The number of halogens is 1. The molecular formula is C18H20FN3O2. The van der Waals surface area contributed by atoms with E-state index < -0.39 is 6.17 Å². The molecule has 0 radical (unpaired) electrons. The Labute approximate surface area is 140 Å². The average Bonchev–Trinajstić information content (AvgIpc) is 2.57. The van der Waals surface area contributed by atoms with Gasteiger partial charge in [-0.3, -0.25) is 20.0 Å². The minimum absolute atomic E-state index is 0.0726. The van der Waals surface area contributed by atoms with Gasteiger partial charge in [-0.1, -0.05) is 6.07 Å². The third kappa shape index (κ3) is 3.94. The molecule has 24 heavy (non-hydrogen) atoms. The predicted octanol–water partition coefficient (Wildman–Crippen LogP) is 3.90. The van der Waals surface area contributed by atoms with Crippen LogP contribution in [-0.2, 0) is 6.54 Å². The Morgan fingerprint density at radius 1 is 1.25 bits per heavy atom. The summed E-state index contributed by atoms with van der Waals surface area (Å²) in [6.07, 6.45) is 2.07. The molecule has 1 aromatic heterocycles. The van der Waals surface area contributed by atoms with E-state index in [1.807, 2.05) is 25.1 Å². The van der Waals surface area contributed by atoms with E-state index in [4.69, 9.17) is 0 Å². The van der Waals surface area contributed by atoms with Crippen LogP contribution in [0.4, 0.5) is 10.1 Å². The van der Waals surface area contributed by atoms with E-state index in [0.717, 1.165) is 22.4 Å². The number of nitrogens with zero attached hydrogens (tertiary/aromatic N) is 3. The molecule has 0 bridgehead atoms. The number of nitro groups is 1. The molecule has 126 valence electrons. The van der Waals surface area contributed by atoms with Crippen molar-refractivity contribution in [1.29, 1.82) is 0 Å². The van der Waals surface area contributed by atoms with Crippen LogP contribution in [0.2, 0.25) is 0 Å². The molecule has 0 unspecified atom stereocenters. The minimum Gasteiger partial charge on any atom is -0.299 e. The summed E-state index contributed by atoms with van der Waals surface area (Å²) in [5.74, 6) is 0. The first-order valence-corrected chi connectivity index (χ1v) is 8.09. The van der Waals surface area contributed by atoms with E-state index in [1.165, 1.54) is 0 Å². The van der Waals surface area contributed by atoms with Crippen molar-refractivity contribution < 1.29 is 9.31 Å². The summed E-state index contributed by atoms with van der Waals surface area (Å²) in [7, 11) is 0. The van der Waals surface area contributed by atoms with Gasteiger partial charge in [-0.05, 0) is 43.0 Å². The van der Waals surface area contributed by atoms with Gasteiger partial charge in [0.15, 0.2) is 0 Å². The molecule has 0 aliphatic carbocycles. The first-order valence-electron chi connectivity index (χ1n) is 8.09. The lowest BCUT2D eigenvalue weighted by Gasteiger charge is -2.28. The van der Waals surface area contributed by atoms with E-state index in [2.05, 4.69) is 9.88 Å². The van der Waals surface area contributed by atoms with Crippen molar-refractivity contribution in [2.45, 2.75) is 32.5 Å². The monoisotopic (exact) mass is 329 g/mol. The van der Waals surface area contributed by atoms with Crippen LogP contribution < -0.4 is 0 Å². The Balaban J connectivity index is 1.88. The third-order valence-electron chi connectivity index (χ3n) is 4.36. The number of hydrogen-bond acceptors (Lipinski definition) is 4. The topological polar surface area (TPSA) is 59.3 Å². The number of rotatable bonds is 4. The molecule has 1 aliphatic heterocycles. The van der Waals surface area contributed by atoms with Gasteiger partial charge in [-0.15, -0.1) is 0 Å². The maximum Gasteiger partial charge on any atom is 0.270 e. The number of likely N-dealkylation sites (tertiary alicyclic amines) is 1. The molecule has 6 heteroatoms. The second-order valence-electron chi connectivity index (χ2n) is 6.28. The van der Waals surface area contributed by atoms with Crippen molar-refractivity contribution in [3.8, 4) is 11.1 Å². The van der Waals surface area contributed by atoms with Crippen molar-refractivity contribution in [2.24, 2.45) is 0 Å². The van der Waals surface area contributed by atoms with Gasteiger partial charge >= 0.3 is 0 Å². The summed E-state index contributed by atoms with van der Waals surface area (Å²) in [5, 5.41) is 11.3. The van der Waals surface area contributed by atoms with E-state index in [1.54, 1.807) is 18.3 Å². The molecule has 1 saturated heterocycles. The van der Waals surface area contributed by atoms with Crippen molar-refractivity contribution in [2.75, 3.05) is 13.1 Å². The largest absolute Gasteiger partial charge is 0.299 e. The fourth-order valence-corrected chi connectivity index (χ4v) is 2.99. The van der Waals surface area contributed by atoms with Crippen LogP contribution in [0.3, 0.4) is 0 Å². The molecule has 5 nitrogen and oxygen atoms in total. The first-order chi connectivity index (χ1) is 11.5. The van der Waals surface area contributed by atoms with Gasteiger partial charge < -0.3 is 0 Å². The number of non-ortho nitro benzene ring substituents is 1. The minimum atomic E-state index is -0.722. The second-order valence-corrected chi connectivity index (χ2v) is 6.28. The van der Waals surface area contributed by atoms with Crippen LogP contribution in [0.1, 0.15) is 24.1 Å². The SMILES string of the molecule is Cc1ccc(-c2cc(CN3CCC(F)CC3)cc([N+](=O)[O-])c2)cn1. The lowest BCUT2D eigenvalue weighted by molar-refractivity contribution is -0.384. The summed E-state index contributed by atoms with van der Waals surface area (Å²) in [5.41, 5.74) is 3.49. The predicted molar refractivity (Wildman–Crippen MR) is 90.5 cm³/mol. The molecule has 0 N–H and O–H groups in total. The van der Waals surface area contributed by atoms with Crippen LogP contribution in [0.25, 0.3) is 11.1 Å². The highest BCUT2D eigenvalue weighted by molar-refractivity contribution is 5.66. The highest BCUT2D eigenvalue weighted by atomic mass is 19.1. The number of alkyl halides is 1. The summed E-state index contributed by atoms with van der Waals surface area (Å²) >= 11 is 0. The van der Waals surface area contributed by atoms with Crippen molar-refractivity contribution in [3.05, 3.63) is 57.9 Å². The highest BCUT2D eigenvalue weighted by Crippen LogP contribution is 2.27. The quantitative estimate of drug-likeness (QED) is 0.630. The number of piperidine rings is 1. The molecule has 0 amide bonds. The standard InChI is InChI=1S/C18H20FN3O2/c1-13-2-3-15(11-20-13)16-8-14(9-18(10-16)22(23)24)12-21-6-4-17(19)5-7-21/h2-3,8-11,17H,4-7,12H2,1H3. The molecule has 0 spiro atoms. The normalized spacial score (nSPS) is 16.2.